The molecule has 0 saturated heterocycles. The van der Waals surface area contributed by atoms with Crippen molar-refractivity contribution in [2.75, 3.05) is 0 Å². The van der Waals surface area contributed by atoms with E-state index in [9.17, 15) is 13.2 Å². The van der Waals surface area contributed by atoms with E-state index < -0.39 is 20.9 Å². The van der Waals surface area contributed by atoms with E-state index in [0.717, 1.165) is 5.56 Å². The molecule has 0 bridgehead atoms. The Morgan fingerprint density at radius 2 is 1.52 bits per heavy atom. The normalized spacial score (nSPS) is 12.9. The number of carbonyl (C=O) groups is 1. The summed E-state index contributed by atoms with van der Waals surface area (Å²) in [4.78, 5) is 12.4. The largest absolute Gasteiger partial charge is 0.293 e. The van der Waals surface area contributed by atoms with Crippen molar-refractivity contribution >= 4 is 27.2 Å². The Bertz CT molecular complexity index is 747. The van der Waals surface area contributed by atoms with Crippen molar-refractivity contribution in [3.8, 4) is 0 Å². The van der Waals surface area contributed by atoms with Crippen LogP contribution in [0.4, 0.5) is 0 Å². The third-order valence-corrected chi connectivity index (χ3v) is 5.64. The predicted octanol–water partition coefficient (Wildman–Crippen LogP) is 3.69. The Morgan fingerprint density at radius 3 is 2.05 bits per heavy atom. The van der Waals surface area contributed by atoms with Gasteiger partial charge in [0.2, 0.25) is 0 Å². The van der Waals surface area contributed by atoms with Gasteiger partial charge in [-0.2, -0.15) is 0 Å². The van der Waals surface area contributed by atoms with Crippen molar-refractivity contribution in [1.82, 2.24) is 0 Å². The summed E-state index contributed by atoms with van der Waals surface area (Å²) in [5, 5.41) is -0.687. The molecule has 3 nitrogen and oxygen atoms in total. The Balaban J connectivity index is 2.33. The molecule has 0 aliphatic carbocycles. The molecule has 2 aromatic rings. The van der Waals surface area contributed by atoms with Crippen molar-refractivity contribution < 1.29 is 13.2 Å². The van der Waals surface area contributed by atoms with Crippen molar-refractivity contribution in [2.45, 2.75) is 24.0 Å². The molecule has 0 amide bonds. The molecule has 0 radical (unpaired) electrons. The van der Waals surface area contributed by atoms with Crippen LogP contribution in [-0.4, -0.2) is 19.5 Å². The van der Waals surface area contributed by atoms with Gasteiger partial charge in [0.15, 0.2) is 15.6 Å². The molecule has 1 unspecified atom stereocenters. The lowest BCUT2D eigenvalue weighted by Crippen LogP contribution is -2.27. The van der Waals surface area contributed by atoms with E-state index >= 15 is 0 Å². The Hall–Kier alpha value is -1.65. The molecular formula is C16H15ClO3S. The molecule has 2 aromatic carbocycles. The van der Waals surface area contributed by atoms with E-state index in [1.54, 1.807) is 24.3 Å². The number of hydrogen-bond acceptors (Lipinski definition) is 3. The second kappa shape index (κ2) is 6.00. The molecule has 21 heavy (non-hydrogen) atoms. The third-order valence-electron chi connectivity index (χ3n) is 3.31. The topological polar surface area (TPSA) is 51.2 Å². The lowest BCUT2D eigenvalue weighted by atomic mass is 10.1. The quantitative estimate of drug-likeness (QED) is 0.807. The summed E-state index contributed by atoms with van der Waals surface area (Å²) in [6, 6.07) is 12.7. The molecular weight excluding hydrogens is 308 g/mol. The van der Waals surface area contributed by atoms with E-state index in [2.05, 4.69) is 0 Å². The molecule has 5 heteroatoms. The zero-order valence-corrected chi connectivity index (χ0v) is 13.3. The SMILES string of the molecule is Cc1ccc(C(=O)C(C)S(=O)(=O)c2ccc(Cl)cc2)cc1. The fraction of sp³-hybridized carbons (Fsp3) is 0.188. The number of carbonyl (C=O) groups excluding carboxylic acids is 1. The van der Waals surface area contributed by atoms with Gasteiger partial charge in [0.25, 0.3) is 0 Å². The molecule has 0 saturated carbocycles. The van der Waals surface area contributed by atoms with Gasteiger partial charge in [0, 0.05) is 10.6 Å². The van der Waals surface area contributed by atoms with Gasteiger partial charge < -0.3 is 0 Å². The number of benzene rings is 2. The minimum Gasteiger partial charge on any atom is -0.293 e. The lowest BCUT2D eigenvalue weighted by molar-refractivity contribution is 0.0991. The van der Waals surface area contributed by atoms with Crippen LogP contribution in [0.1, 0.15) is 22.8 Å². The summed E-state index contributed by atoms with van der Waals surface area (Å²) >= 11 is 5.75. The summed E-state index contributed by atoms with van der Waals surface area (Å²) in [6.07, 6.45) is 0. The number of aryl methyl sites for hydroxylation is 1. The summed E-state index contributed by atoms with van der Waals surface area (Å²) in [7, 11) is -3.72. The highest BCUT2D eigenvalue weighted by atomic mass is 35.5. The van der Waals surface area contributed by atoms with Gasteiger partial charge in [0.05, 0.1) is 4.90 Å². The minimum atomic E-state index is -3.72. The van der Waals surface area contributed by atoms with Gasteiger partial charge in [-0.3, -0.25) is 4.79 Å². The average Bonchev–Trinajstić information content (AvgIpc) is 2.47. The van der Waals surface area contributed by atoms with Crippen LogP contribution in [-0.2, 0) is 9.84 Å². The molecule has 1 atom stereocenters. The molecule has 0 spiro atoms. The van der Waals surface area contributed by atoms with Crippen molar-refractivity contribution in [2.24, 2.45) is 0 Å². The summed E-state index contributed by atoms with van der Waals surface area (Å²) in [5.41, 5.74) is 1.41. The number of sulfone groups is 1. The second-order valence-electron chi connectivity index (χ2n) is 4.87. The predicted molar refractivity (Wildman–Crippen MR) is 83.6 cm³/mol. The van der Waals surface area contributed by atoms with Crippen LogP contribution < -0.4 is 0 Å². The molecule has 0 N–H and O–H groups in total. The number of hydrogen-bond donors (Lipinski definition) is 0. The maximum Gasteiger partial charge on any atom is 0.188 e. The molecule has 0 aliphatic heterocycles. The van der Waals surface area contributed by atoms with Gasteiger partial charge >= 0.3 is 0 Å². The van der Waals surface area contributed by atoms with Gasteiger partial charge in [-0.05, 0) is 38.1 Å². The fourth-order valence-electron chi connectivity index (χ4n) is 1.92. The maximum absolute atomic E-state index is 12.5. The van der Waals surface area contributed by atoms with Crippen LogP contribution in [0.3, 0.4) is 0 Å². The van der Waals surface area contributed by atoms with Crippen molar-refractivity contribution in [1.29, 1.82) is 0 Å². The zero-order valence-electron chi connectivity index (χ0n) is 11.7. The first kappa shape index (κ1) is 15.7. The van der Waals surface area contributed by atoms with Crippen LogP contribution in [0.15, 0.2) is 53.4 Å². The smallest absolute Gasteiger partial charge is 0.188 e. The van der Waals surface area contributed by atoms with E-state index in [4.69, 9.17) is 11.6 Å². The molecule has 0 aliphatic rings. The molecule has 110 valence electrons. The maximum atomic E-state index is 12.5. The zero-order chi connectivity index (χ0) is 15.6. The van der Waals surface area contributed by atoms with Crippen LogP contribution in [0.2, 0.25) is 5.02 Å². The van der Waals surface area contributed by atoms with E-state index in [-0.39, 0.29) is 4.90 Å². The van der Waals surface area contributed by atoms with Gasteiger partial charge in [-0.25, -0.2) is 8.42 Å². The molecule has 0 fully saturated rings. The van der Waals surface area contributed by atoms with E-state index in [0.29, 0.717) is 10.6 Å². The van der Waals surface area contributed by atoms with Crippen molar-refractivity contribution in [3.05, 3.63) is 64.7 Å². The fourth-order valence-corrected chi connectivity index (χ4v) is 3.39. The highest BCUT2D eigenvalue weighted by Gasteiger charge is 2.30. The highest BCUT2D eigenvalue weighted by molar-refractivity contribution is 7.92. The molecule has 0 aromatic heterocycles. The summed E-state index contributed by atoms with van der Waals surface area (Å²) < 4.78 is 24.9. The monoisotopic (exact) mass is 322 g/mol. The van der Waals surface area contributed by atoms with Gasteiger partial charge in [-0.1, -0.05) is 41.4 Å². The standard InChI is InChI=1S/C16H15ClO3S/c1-11-3-5-13(6-4-11)16(18)12(2)21(19,20)15-9-7-14(17)8-10-15/h3-10,12H,1-2H3. The minimum absolute atomic E-state index is 0.0971. The summed E-state index contributed by atoms with van der Waals surface area (Å²) in [5.74, 6) is -0.412. The number of rotatable bonds is 4. The van der Waals surface area contributed by atoms with E-state index in [1.807, 2.05) is 6.92 Å². The molecule has 0 heterocycles. The number of Topliss-reactive ketones (excluding diaryl/α,β-unsaturated/α-hetero) is 1. The molecule has 2 rings (SSSR count). The lowest BCUT2D eigenvalue weighted by Gasteiger charge is -2.12. The van der Waals surface area contributed by atoms with E-state index in [1.165, 1.54) is 31.2 Å². The van der Waals surface area contributed by atoms with Gasteiger partial charge in [-0.15, -0.1) is 0 Å². The first-order chi connectivity index (χ1) is 9.82. The second-order valence-corrected chi connectivity index (χ2v) is 7.58. The van der Waals surface area contributed by atoms with Crippen LogP contribution in [0.5, 0.6) is 0 Å². The number of halogens is 1. The Morgan fingerprint density at radius 1 is 1.00 bits per heavy atom. The third kappa shape index (κ3) is 3.34. The Kier molecular flexibility index (Phi) is 4.49. The van der Waals surface area contributed by atoms with Crippen molar-refractivity contribution in [3.63, 3.8) is 0 Å². The Labute approximate surface area is 129 Å². The average molecular weight is 323 g/mol. The van der Waals surface area contributed by atoms with Crippen LogP contribution in [0, 0.1) is 6.92 Å². The number of ketones is 1. The van der Waals surface area contributed by atoms with Crippen LogP contribution in [0.25, 0.3) is 0 Å². The van der Waals surface area contributed by atoms with Gasteiger partial charge in [0.1, 0.15) is 5.25 Å². The summed E-state index contributed by atoms with van der Waals surface area (Å²) in [6.45, 7) is 3.31. The van der Waals surface area contributed by atoms with Crippen LogP contribution >= 0.6 is 11.6 Å². The first-order valence-corrected chi connectivity index (χ1v) is 8.35. The first-order valence-electron chi connectivity index (χ1n) is 6.43. The highest BCUT2D eigenvalue weighted by Crippen LogP contribution is 2.21.